The average molecular weight is 253 g/mol. The fourth-order valence-electron chi connectivity index (χ4n) is 1.80. The standard InChI is InChI=1S/C13H11N5O/c14-12(19)10-7-4-8-11-16-13(17-18(10)11)15-9-5-2-1-3-6-9/h1-8H,(H2,14,19)(H,15,17). The lowest BCUT2D eigenvalue weighted by Crippen LogP contribution is -2.15. The predicted octanol–water partition coefficient (Wildman–Crippen LogP) is 1.57. The summed E-state index contributed by atoms with van der Waals surface area (Å²) >= 11 is 0. The third-order valence-electron chi connectivity index (χ3n) is 2.64. The topological polar surface area (TPSA) is 85.3 Å². The van der Waals surface area contributed by atoms with Crippen LogP contribution in [0.1, 0.15) is 10.5 Å². The van der Waals surface area contributed by atoms with Gasteiger partial charge in [0.1, 0.15) is 5.69 Å². The number of carbonyl (C=O) groups is 1. The Morgan fingerprint density at radius 1 is 1.11 bits per heavy atom. The second-order valence-electron chi connectivity index (χ2n) is 3.97. The van der Waals surface area contributed by atoms with Crippen molar-refractivity contribution < 1.29 is 4.79 Å². The first-order valence-electron chi connectivity index (χ1n) is 5.72. The molecule has 0 saturated carbocycles. The van der Waals surface area contributed by atoms with Gasteiger partial charge in [-0.2, -0.15) is 4.98 Å². The first-order chi connectivity index (χ1) is 9.24. The number of primary amides is 1. The number of hydrogen-bond acceptors (Lipinski definition) is 4. The maximum atomic E-state index is 11.3. The van der Waals surface area contributed by atoms with Gasteiger partial charge in [0, 0.05) is 5.69 Å². The number of aromatic nitrogens is 3. The molecule has 19 heavy (non-hydrogen) atoms. The molecule has 0 atom stereocenters. The molecule has 0 saturated heterocycles. The molecule has 0 aliphatic heterocycles. The summed E-state index contributed by atoms with van der Waals surface area (Å²) in [6.07, 6.45) is 0. The van der Waals surface area contributed by atoms with E-state index in [1.165, 1.54) is 4.52 Å². The highest BCUT2D eigenvalue weighted by atomic mass is 16.1. The number of anilines is 2. The van der Waals surface area contributed by atoms with Gasteiger partial charge in [-0.3, -0.25) is 4.79 Å². The molecule has 0 radical (unpaired) electrons. The van der Waals surface area contributed by atoms with Crippen LogP contribution in [-0.2, 0) is 0 Å². The number of para-hydroxylation sites is 1. The monoisotopic (exact) mass is 253 g/mol. The fraction of sp³-hybridized carbons (Fsp3) is 0. The molecule has 3 aromatic rings. The summed E-state index contributed by atoms with van der Waals surface area (Å²) in [5.74, 6) is -0.123. The zero-order chi connectivity index (χ0) is 13.2. The number of carbonyl (C=O) groups excluding carboxylic acids is 1. The molecule has 6 nitrogen and oxygen atoms in total. The molecule has 0 aliphatic rings. The molecule has 3 rings (SSSR count). The van der Waals surface area contributed by atoms with Gasteiger partial charge in [-0.1, -0.05) is 24.3 Å². The van der Waals surface area contributed by atoms with Crippen molar-refractivity contribution in [1.82, 2.24) is 14.6 Å². The quantitative estimate of drug-likeness (QED) is 0.742. The van der Waals surface area contributed by atoms with Gasteiger partial charge in [-0.15, -0.1) is 5.10 Å². The van der Waals surface area contributed by atoms with Crippen LogP contribution < -0.4 is 11.1 Å². The summed E-state index contributed by atoms with van der Waals surface area (Å²) < 4.78 is 1.42. The molecule has 0 aliphatic carbocycles. The molecule has 0 fully saturated rings. The maximum absolute atomic E-state index is 11.3. The van der Waals surface area contributed by atoms with Gasteiger partial charge in [-0.05, 0) is 24.3 Å². The van der Waals surface area contributed by atoms with Gasteiger partial charge in [0.15, 0.2) is 5.65 Å². The van der Waals surface area contributed by atoms with E-state index in [1.54, 1.807) is 18.2 Å². The second-order valence-corrected chi connectivity index (χ2v) is 3.97. The summed E-state index contributed by atoms with van der Waals surface area (Å²) in [6, 6.07) is 14.6. The van der Waals surface area contributed by atoms with Crippen molar-refractivity contribution in [1.29, 1.82) is 0 Å². The Kier molecular flexibility index (Phi) is 2.60. The van der Waals surface area contributed by atoms with Crippen molar-refractivity contribution in [2.24, 2.45) is 5.73 Å². The van der Waals surface area contributed by atoms with E-state index in [1.807, 2.05) is 30.3 Å². The third kappa shape index (κ3) is 2.11. The number of nitrogens with zero attached hydrogens (tertiary/aromatic N) is 3. The van der Waals surface area contributed by atoms with E-state index < -0.39 is 5.91 Å². The van der Waals surface area contributed by atoms with Crippen molar-refractivity contribution >= 4 is 23.2 Å². The molecule has 0 unspecified atom stereocenters. The second kappa shape index (κ2) is 4.41. The lowest BCUT2D eigenvalue weighted by Gasteiger charge is -1.99. The van der Waals surface area contributed by atoms with Gasteiger partial charge < -0.3 is 11.1 Å². The van der Waals surface area contributed by atoms with Gasteiger partial charge in [0.2, 0.25) is 5.95 Å². The maximum Gasteiger partial charge on any atom is 0.267 e. The van der Waals surface area contributed by atoms with Crippen LogP contribution in [0.2, 0.25) is 0 Å². The fourth-order valence-corrected chi connectivity index (χ4v) is 1.80. The largest absolute Gasteiger partial charge is 0.364 e. The van der Waals surface area contributed by atoms with Crippen LogP contribution in [0.4, 0.5) is 11.6 Å². The number of fused-ring (bicyclic) bond motifs is 1. The highest BCUT2D eigenvalue weighted by Crippen LogP contribution is 2.14. The van der Waals surface area contributed by atoms with Crippen molar-refractivity contribution in [2.75, 3.05) is 5.32 Å². The Labute approximate surface area is 108 Å². The van der Waals surface area contributed by atoms with Crippen molar-refractivity contribution in [3.63, 3.8) is 0 Å². The molecule has 0 spiro atoms. The van der Waals surface area contributed by atoms with E-state index >= 15 is 0 Å². The van der Waals surface area contributed by atoms with E-state index in [2.05, 4.69) is 15.4 Å². The minimum absolute atomic E-state index is 0.297. The smallest absolute Gasteiger partial charge is 0.267 e. The molecule has 1 aromatic carbocycles. The molecular formula is C13H11N5O. The predicted molar refractivity (Wildman–Crippen MR) is 71.2 cm³/mol. The van der Waals surface area contributed by atoms with E-state index in [0.717, 1.165) is 5.69 Å². The van der Waals surface area contributed by atoms with Crippen LogP contribution in [0.25, 0.3) is 5.65 Å². The molecule has 94 valence electrons. The average Bonchev–Trinajstić information content (AvgIpc) is 2.81. The summed E-state index contributed by atoms with van der Waals surface area (Å²) in [5, 5.41) is 7.29. The molecule has 1 amide bonds. The van der Waals surface area contributed by atoms with Gasteiger partial charge in [0.05, 0.1) is 0 Å². The zero-order valence-corrected chi connectivity index (χ0v) is 9.95. The van der Waals surface area contributed by atoms with Crippen LogP contribution in [0.15, 0.2) is 48.5 Å². The zero-order valence-electron chi connectivity index (χ0n) is 9.95. The van der Waals surface area contributed by atoms with Crippen LogP contribution in [-0.4, -0.2) is 20.5 Å². The Bertz CT molecular complexity index is 735. The number of benzene rings is 1. The number of pyridine rings is 1. The highest BCUT2D eigenvalue weighted by molar-refractivity contribution is 5.91. The number of hydrogen-bond donors (Lipinski definition) is 2. The van der Waals surface area contributed by atoms with Gasteiger partial charge in [0.25, 0.3) is 5.91 Å². The molecule has 2 aromatic heterocycles. The van der Waals surface area contributed by atoms with Gasteiger partial charge in [-0.25, -0.2) is 4.52 Å². The van der Waals surface area contributed by atoms with E-state index in [0.29, 0.717) is 17.3 Å². The normalized spacial score (nSPS) is 10.5. The number of nitrogens with one attached hydrogen (secondary N) is 1. The third-order valence-corrected chi connectivity index (χ3v) is 2.64. The molecule has 2 heterocycles. The molecule has 0 bridgehead atoms. The lowest BCUT2D eigenvalue weighted by atomic mass is 10.3. The SMILES string of the molecule is NC(=O)c1cccc2nc(Nc3ccccc3)nn12. The minimum atomic E-state index is -0.540. The van der Waals surface area contributed by atoms with Crippen LogP contribution >= 0.6 is 0 Å². The summed E-state index contributed by atoms with van der Waals surface area (Å²) in [7, 11) is 0. The Balaban J connectivity index is 2.03. The van der Waals surface area contributed by atoms with Crippen molar-refractivity contribution in [3.8, 4) is 0 Å². The van der Waals surface area contributed by atoms with Crippen LogP contribution in [0.5, 0.6) is 0 Å². The van der Waals surface area contributed by atoms with Crippen LogP contribution in [0.3, 0.4) is 0 Å². The minimum Gasteiger partial charge on any atom is -0.364 e. The van der Waals surface area contributed by atoms with Gasteiger partial charge >= 0.3 is 0 Å². The van der Waals surface area contributed by atoms with E-state index in [4.69, 9.17) is 5.73 Å². The molecule has 3 N–H and O–H groups in total. The highest BCUT2D eigenvalue weighted by Gasteiger charge is 2.10. The van der Waals surface area contributed by atoms with Crippen LogP contribution in [0, 0.1) is 0 Å². The summed E-state index contributed by atoms with van der Waals surface area (Å²) in [5.41, 5.74) is 7.03. The van der Waals surface area contributed by atoms with E-state index in [9.17, 15) is 4.79 Å². The van der Waals surface area contributed by atoms with E-state index in [-0.39, 0.29) is 0 Å². The molecule has 6 heteroatoms. The number of nitrogens with two attached hydrogens (primary N) is 1. The Hall–Kier alpha value is -2.89. The first kappa shape index (κ1) is 11.2. The summed E-state index contributed by atoms with van der Waals surface area (Å²) in [6.45, 7) is 0. The summed E-state index contributed by atoms with van der Waals surface area (Å²) in [4.78, 5) is 15.6. The molecular weight excluding hydrogens is 242 g/mol. The van der Waals surface area contributed by atoms with Crippen molar-refractivity contribution in [2.45, 2.75) is 0 Å². The first-order valence-corrected chi connectivity index (χ1v) is 5.72. The lowest BCUT2D eigenvalue weighted by molar-refractivity contribution is 0.0993. The Morgan fingerprint density at radius 2 is 1.89 bits per heavy atom. The number of amides is 1. The van der Waals surface area contributed by atoms with Crippen molar-refractivity contribution in [3.05, 3.63) is 54.2 Å². The number of rotatable bonds is 3. The Morgan fingerprint density at radius 3 is 2.63 bits per heavy atom.